The van der Waals surface area contributed by atoms with Crippen LogP contribution < -0.4 is 15.4 Å². The molecule has 0 bridgehead atoms. The molecule has 9 nitrogen and oxygen atoms in total. The fraction of sp³-hybridized carbons (Fsp3) is 0.650. The van der Waals surface area contributed by atoms with Crippen LogP contribution in [0.15, 0.2) is 35.4 Å². The number of pyridine rings is 1. The number of sulfonamides is 1. The van der Waals surface area contributed by atoms with Crippen LogP contribution in [-0.4, -0.2) is 30.4 Å². The van der Waals surface area contributed by atoms with Gasteiger partial charge in [-0.1, -0.05) is 44.9 Å². The average molecular weight is 438 g/mol. The van der Waals surface area contributed by atoms with Gasteiger partial charge in [-0.05, 0) is 31.7 Å². The first-order valence-electron chi connectivity index (χ1n) is 10.8. The van der Waals surface area contributed by atoms with E-state index >= 15 is 0 Å². The smallest absolute Gasteiger partial charge is 0.275 e. The van der Waals surface area contributed by atoms with Gasteiger partial charge in [0.2, 0.25) is 0 Å². The van der Waals surface area contributed by atoms with Gasteiger partial charge < -0.3 is 10.6 Å². The van der Waals surface area contributed by atoms with Crippen LogP contribution >= 0.6 is 0 Å². The molecule has 0 unspecified atom stereocenters. The largest absolute Gasteiger partial charge is 0.381 e. The van der Waals surface area contributed by atoms with Crippen molar-refractivity contribution < 1.29 is 13.3 Å². The molecule has 0 aromatic carbocycles. The van der Waals surface area contributed by atoms with Crippen molar-refractivity contribution in [2.24, 2.45) is 0 Å². The minimum absolute atomic E-state index is 0.00696. The van der Waals surface area contributed by atoms with E-state index in [1.165, 1.54) is 12.6 Å². The fourth-order valence-electron chi connectivity index (χ4n) is 4.22. The molecule has 0 radical (unpaired) electrons. The Bertz CT molecular complexity index is 845. The van der Waals surface area contributed by atoms with E-state index in [-0.39, 0.29) is 22.8 Å². The monoisotopic (exact) mass is 437 g/mol. The molecule has 2 saturated carbocycles. The Kier molecular flexibility index (Phi) is 7.89. The highest BCUT2D eigenvalue weighted by atomic mass is 32.2. The van der Waals surface area contributed by atoms with Crippen LogP contribution in [0.5, 0.6) is 0 Å². The van der Waals surface area contributed by atoms with Gasteiger partial charge in [-0.15, -0.1) is 0 Å². The van der Waals surface area contributed by atoms with Crippen LogP contribution in [0.25, 0.3) is 0 Å². The van der Waals surface area contributed by atoms with E-state index in [9.17, 15) is 18.5 Å². The topological polar surface area (TPSA) is 126 Å². The molecular weight excluding hydrogens is 406 g/mol. The van der Waals surface area contributed by atoms with Gasteiger partial charge in [0.25, 0.3) is 16.2 Å². The third-order valence-corrected chi connectivity index (χ3v) is 7.13. The molecule has 30 heavy (non-hydrogen) atoms. The van der Waals surface area contributed by atoms with Gasteiger partial charge in [-0.25, -0.2) is 8.42 Å². The van der Waals surface area contributed by atoms with E-state index in [1.807, 2.05) is 0 Å². The van der Waals surface area contributed by atoms with Crippen LogP contribution in [0.4, 0.5) is 5.69 Å². The normalized spacial score (nSPS) is 19.7. The number of nitro groups is 1. The molecule has 0 spiro atoms. The molecule has 0 amide bonds. The molecule has 1 aromatic heterocycles. The first kappa shape index (κ1) is 22.3. The summed E-state index contributed by atoms with van der Waals surface area (Å²) in [6.45, 7) is 0. The van der Waals surface area contributed by atoms with Gasteiger partial charge in [0.15, 0.2) is 5.82 Å². The van der Waals surface area contributed by atoms with E-state index in [0.29, 0.717) is 11.9 Å². The number of anilines is 1. The number of hydrogen-bond donors (Lipinski definition) is 3. The van der Waals surface area contributed by atoms with Crippen molar-refractivity contribution in [1.82, 2.24) is 15.0 Å². The summed E-state index contributed by atoms with van der Waals surface area (Å²) >= 11 is 0. The summed E-state index contributed by atoms with van der Waals surface area (Å²) in [4.78, 5) is 14.4. The SMILES string of the molecule is O=[N+]([O-])/C=C(\NC1CCCCCC1)NS(=O)(=O)c1cnccc1NC1CCCCC1. The van der Waals surface area contributed by atoms with Gasteiger partial charge in [-0.2, -0.15) is 0 Å². The summed E-state index contributed by atoms with van der Waals surface area (Å²) in [6, 6.07) is 1.86. The molecule has 166 valence electrons. The number of aromatic nitrogens is 1. The summed E-state index contributed by atoms with van der Waals surface area (Å²) in [6.07, 6.45) is 14.9. The standard InChI is InChI=1S/C20H31N5O4S/c26-25(27)15-20(23-17-10-4-1-2-5-11-17)24-30(28,29)19-14-21-13-12-18(19)22-16-8-6-3-7-9-16/h12-17,23-24H,1-11H2,(H,21,22)/b20-15+. The third kappa shape index (κ3) is 6.58. The lowest BCUT2D eigenvalue weighted by molar-refractivity contribution is -0.404. The maximum atomic E-state index is 13.1. The lowest BCUT2D eigenvalue weighted by Gasteiger charge is -2.25. The molecule has 0 saturated heterocycles. The third-order valence-electron chi connectivity index (χ3n) is 5.73. The molecule has 1 heterocycles. The van der Waals surface area contributed by atoms with E-state index in [0.717, 1.165) is 64.2 Å². The number of rotatable bonds is 8. The van der Waals surface area contributed by atoms with E-state index in [4.69, 9.17) is 0 Å². The molecule has 1 aromatic rings. The molecule has 2 aliphatic rings. The summed E-state index contributed by atoms with van der Waals surface area (Å²) in [5.41, 5.74) is 0.472. The van der Waals surface area contributed by atoms with Crippen molar-refractivity contribution in [3.8, 4) is 0 Å². The van der Waals surface area contributed by atoms with Crippen molar-refractivity contribution in [2.75, 3.05) is 5.32 Å². The van der Waals surface area contributed by atoms with Gasteiger partial charge in [0.1, 0.15) is 4.90 Å². The molecule has 10 heteroatoms. The summed E-state index contributed by atoms with van der Waals surface area (Å²) in [5, 5.41) is 17.5. The van der Waals surface area contributed by atoms with Crippen LogP contribution in [0.1, 0.15) is 70.6 Å². The lowest BCUT2D eigenvalue weighted by Crippen LogP contribution is -2.38. The van der Waals surface area contributed by atoms with Crippen LogP contribution in [0.2, 0.25) is 0 Å². The first-order chi connectivity index (χ1) is 14.4. The van der Waals surface area contributed by atoms with Crippen LogP contribution in [-0.2, 0) is 10.0 Å². The van der Waals surface area contributed by atoms with Gasteiger partial charge >= 0.3 is 0 Å². The minimum Gasteiger partial charge on any atom is -0.381 e. The minimum atomic E-state index is -4.06. The van der Waals surface area contributed by atoms with Gasteiger partial charge in [0, 0.05) is 24.5 Å². The van der Waals surface area contributed by atoms with Crippen LogP contribution in [0.3, 0.4) is 0 Å². The van der Waals surface area contributed by atoms with E-state index in [1.54, 1.807) is 12.3 Å². The maximum Gasteiger partial charge on any atom is 0.275 e. The Labute approximate surface area is 177 Å². The zero-order chi connectivity index (χ0) is 21.4. The second kappa shape index (κ2) is 10.6. The number of nitrogens with one attached hydrogen (secondary N) is 3. The highest BCUT2D eigenvalue weighted by molar-refractivity contribution is 7.89. The number of nitrogens with zero attached hydrogens (tertiary/aromatic N) is 2. The average Bonchev–Trinajstić information content (AvgIpc) is 2.97. The quantitative estimate of drug-likeness (QED) is 0.323. The summed E-state index contributed by atoms with van der Waals surface area (Å²) in [7, 11) is -4.06. The zero-order valence-corrected chi connectivity index (χ0v) is 18.0. The van der Waals surface area contributed by atoms with Crippen molar-refractivity contribution in [3.05, 3.63) is 40.6 Å². The second-order valence-corrected chi connectivity index (χ2v) is 9.77. The molecule has 3 N–H and O–H groups in total. The van der Waals surface area contributed by atoms with Gasteiger partial charge in [-0.3, -0.25) is 19.8 Å². The van der Waals surface area contributed by atoms with Crippen molar-refractivity contribution >= 4 is 15.7 Å². The van der Waals surface area contributed by atoms with Crippen LogP contribution in [0, 0.1) is 10.1 Å². The Balaban J connectivity index is 1.77. The lowest BCUT2D eigenvalue weighted by atomic mass is 9.95. The van der Waals surface area contributed by atoms with Gasteiger partial charge in [0.05, 0.1) is 10.6 Å². The molecule has 0 aliphatic heterocycles. The summed E-state index contributed by atoms with van der Waals surface area (Å²) in [5.74, 6) is -0.112. The van der Waals surface area contributed by atoms with E-state index in [2.05, 4.69) is 20.3 Å². The molecule has 2 aliphatic carbocycles. The maximum absolute atomic E-state index is 13.1. The van der Waals surface area contributed by atoms with Crippen molar-refractivity contribution in [3.63, 3.8) is 0 Å². The Morgan fingerprint density at radius 3 is 2.27 bits per heavy atom. The van der Waals surface area contributed by atoms with Crippen molar-refractivity contribution in [2.45, 2.75) is 87.6 Å². The molecule has 0 atom stereocenters. The van der Waals surface area contributed by atoms with Crippen molar-refractivity contribution in [1.29, 1.82) is 0 Å². The molecule has 3 rings (SSSR count). The van der Waals surface area contributed by atoms with E-state index < -0.39 is 14.9 Å². The predicted octanol–water partition coefficient (Wildman–Crippen LogP) is 3.49. The Morgan fingerprint density at radius 2 is 1.63 bits per heavy atom. The highest BCUT2D eigenvalue weighted by Gasteiger charge is 2.25. The Morgan fingerprint density at radius 1 is 1.03 bits per heavy atom. The molecular formula is C20H31N5O4S. The molecule has 2 fully saturated rings. The Hall–Kier alpha value is -2.36. The fourth-order valence-corrected chi connectivity index (χ4v) is 5.35. The predicted molar refractivity (Wildman–Crippen MR) is 115 cm³/mol. The first-order valence-corrected chi connectivity index (χ1v) is 12.3. The second-order valence-electron chi connectivity index (χ2n) is 8.12. The highest BCUT2D eigenvalue weighted by Crippen LogP contribution is 2.26. The summed E-state index contributed by atoms with van der Waals surface area (Å²) < 4.78 is 28.6. The number of hydrogen-bond acceptors (Lipinski definition) is 7. The zero-order valence-electron chi connectivity index (χ0n) is 17.2.